The summed E-state index contributed by atoms with van der Waals surface area (Å²) in [5.41, 5.74) is 1.17. The van der Waals surface area contributed by atoms with E-state index in [2.05, 4.69) is 46.9 Å². The molecule has 0 N–H and O–H groups in total. The fourth-order valence-electron chi connectivity index (χ4n) is 3.82. The number of Topliss-reactive ketones (excluding diaryl/α,β-unsaturated/α-hetero) is 1. The second kappa shape index (κ2) is 5.32. The third-order valence-electron chi connectivity index (χ3n) is 4.69. The molecule has 2 fully saturated rings. The van der Waals surface area contributed by atoms with Gasteiger partial charge in [0.15, 0.2) is 0 Å². The minimum absolute atomic E-state index is 0.439. The molecular weight excluding hydrogens is 335 g/mol. The van der Waals surface area contributed by atoms with Crippen LogP contribution in [-0.2, 0) is 11.2 Å². The molecule has 2 aliphatic rings. The predicted molar refractivity (Wildman–Crippen MR) is 81.4 cm³/mol. The molecule has 96 valence electrons. The van der Waals surface area contributed by atoms with Crippen LogP contribution in [0.4, 0.5) is 0 Å². The lowest BCUT2D eigenvalue weighted by atomic mass is 9.84. The lowest BCUT2D eigenvalue weighted by molar-refractivity contribution is -0.119. The van der Waals surface area contributed by atoms with E-state index in [0.717, 1.165) is 18.3 Å². The molecule has 0 heterocycles. The maximum atomic E-state index is 12.1. The maximum Gasteiger partial charge on any atom is 0.137 e. The number of carbonyl (C=O) groups excluding carboxylic acids is 1. The molecule has 2 aliphatic carbocycles. The van der Waals surface area contributed by atoms with Crippen molar-refractivity contribution in [3.8, 4) is 0 Å². The van der Waals surface area contributed by atoms with Crippen molar-refractivity contribution in [2.45, 2.75) is 38.5 Å². The van der Waals surface area contributed by atoms with Crippen LogP contribution in [0, 0.1) is 21.3 Å². The average Bonchev–Trinajstić information content (AvgIpc) is 2.94. The molecule has 0 saturated heterocycles. The number of hydrogen-bond acceptors (Lipinski definition) is 1. The van der Waals surface area contributed by atoms with E-state index in [0.29, 0.717) is 18.1 Å². The van der Waals surface area contributed by atoms with Crippen molar-refractivity contribution in [3.05, 3.63) is 33.4 Å². The molecule has 1 nitrogen and oxygen atoms in total. The predicted octanol–water partition coefficient (Wildman–Crippen LogP) is 4.23. The summed E-state index contributed by atoms with van der Waals surface area (Å²) in [7, 11) is 0. The Kier molecular flexibility index (Phi) is 3.73. The Hall–Kier alpha value is -0.380. The minimum atomic E-state index is 0.439. The van der Waals surface area contributed by atoms with Gasteiger partial charge in [-0.15, -0.1) is 0 Å². The Labute approximate surface area is 122 Å². The van der Waals surface area contributed by atoms with E-state index < -0.39 is 0 Å². The Balaban J connectivity index is 1.54. The summed E-state index contributed by atoms with van der Waals surface area (Å²) in [6, 6.07) is 8.34. The van der Waals surface area contributed by atoms with E-state index in [1.807, 2.05) is 0 Å². The molecule has 3 rings (SSSR count). The van der Waals surface area contributed by atoms with E-state index >= 15 is 0 Å². The Morgan fingerprint density at radius 1 is 1.17 bits per heavy atom. The topological polar surface area (TPSA) is 17.1 Å². The van der Waals surface area contributed by atoms with E-state index in [1.165, 1.54) is 34.8 Å². The zero-order chi connectivity index (χ0) is 12.5. The summed E-state index contributed by atoms with van der Waals surface area (Å²) in [6.07, 6.45) is 6.99. The summed E-state index contributed by atoms with van der Waals surface area (Å²) in [6.45, 7) is 0. The SMILES string of the molecule is O=C(Cc1ccc(I)cc1)CC1CC2CCC1C2. The van der Waals surface area contributed by atoms with Crippen molar-refractivity contribution >= 4 is 28.4 Å². The first-order chi connectivity index (χ1) is 8.70. The van der Waals surface area contributed by atoms with Gasteiger partial charge in [-0.25, -0.2) is 0 Å². The van der Waals surface area contributed by atoms with E-state index in [-0.39, 0.29) is 0 Å². The molecule has 0 aliphatic heterocycles. The van der Waals surface area contributed by atoms with Gasteiger partial charge in [0.2, 0.25) is 0 Å². The number of ketones is 1. The molecule has 0 spiro atoms. The van der Waals surface area contributed by atoms with Gasteiger partial charge in [0.25, 0.3) is 0 Å². The number of fused-ring (bicyclic) bond motifs is 2. The van der Waals surface area contributed by atoms with Gasteiger partial charge < -0.3 is 0 Å². The smallest absolute Gasteiger partial charge is 0.137 e. The number of halogens is 1. The van der Waals surface area contributed by atoms with Crippen molar-refractivity contribution in [3.63, 3.8) is 0 Å². The fourth-order valence-corrected chi connectivity index (χ4v) is 4.18. The van der Waals surface area contributed by atoms with E-state index in [9.17, 15) is 4.79 Å². The van der Waals surface area contributed by atoms with Crippen molar-refractivity contribution in [1.29, 1.82) is 0 Å². The zero-order valence-corrected chi connectivity index (χ0v) is 12.7. The van der Waals surface area contributed by atoms with Gasteiger partial charge in [0.1, 0.15) is 5.78 Å². The molecular formula is C16H19IO. The Morgan fingerprint density at radius 2 is 1.94 bits per heavy atom. The van der Waals surface area contributed by atoms with Crippen LogP contribution in [0.5, 0.6) is 0 Å². The standard InChI is InChI=1S/C16H19IO/c17-15-5-2-11(3-6-15)9-16(18)10-14-8-12-1-4-13(14)7-12/h2-3,5-6,12-14H,1,4,7-10H2. The van der Waals surface area contributed by atoms with E-state index in [1.54, 1.807) is 0 Å². The first-order valence-electron chi connectivity index (χ1n) is 6.97. The zero-order valence-electron chi connectivity index (χ0n) is 10.6. The van der Waals surface area contributed by atoms with Crippen LogP contribution >= 0.6 is 22.6 Å². The molecule has 0 aromatic heterocycles. The molecule has 1 aromatic rings. The number of rotatable bonds is 4. The quantitative estimate of drug-likeness (QED) is 0.740. The van der Waals surface area contributed by atoms with Crippen LogP contribution in [0.15, 0.2) is 24.3 Å². The van der Waals surface area contributed by atoms with E-state index in [4.69, 9.17) is 0 Å². The van der Waals surface area contributed by atoms with Gasteiger partial charge in [-0.1, -0.05) is 18.6 Å². The second-order valence-corrected chi connectivity index (χ2v) is 7.23. The number of benzene rings is 1. The summed E-state index contributed by atoms with van der Waals surface area (Å²) in [5, 5.41) is 0. The first kappa shape index (κ1) is 12.6. The van der Waals surface area contributed by atoms with Crippen LogP contribution in [-0.4, -0.2) is 5.78 Å². The largest absolute Gasteiger partial charge is 0.299 e. The molecule has 3 atom stereocenters. The third kappa shape index (κ3) is 2.79. The molecule has 0 radical (unpaired) electrons. The lowest BCUT2D eigenvalue weighted by Crippen LogP contribution is -2.16. The van der Waals surface area contributed by atoms with Crippen molar-refractivity contribution in [1.82, 2.24) is 0 Å². The van der Waals surface area contributed by atoms with Gasteiger partial charge in [0, 0.05) is 16.4 Å². The summed E-state index contributed by atoms with van der Waals surface area (Å²) >= 11 is 2.30. The van der Waals surface area contributed by atoms with Crippen LogP contribution in [0.2, 0.25) is 0 Å². The summed E-state index contributed by atoms with van der Waals surface area (Å²) in [5.74, 6) is 2.97. The highest BCUT2D eigenvalue weighted by Gasteiger charge is 2.39. The summed E-state index contributed by atoms with van der Waals surface area (Å²) in [4.78, 5) is 12.1. The van der Waals surface area contributed by atoms with Crippen LogP contribution in [0.1, 0.15) is 37.7 Å². The van der Waals surface area contributed by atoms with Crippen molar-refractivity contribution in [2.24, 2.45) is 17.8 Å². The fraction of sp³-hybridized carbons (Fsp3) is 0.562. The van der Waals surface area contributed by atoms with Gasteiger partial charge >= 0.3 is 0 Å². The normalized spacial score (nSPS) is 29.7. The van der Waals surface area contributed by atoms with Gasteiger partial charge in [-0.3, -0.25) is 4.79 Å². The highest BCUT2D eigenvalue weighted by molar-refractivity contribution is 14.1. The van der Waals surface area contributed by atoms with Gasteiger partial charge in [-0.05, 0) is 77.3 Å². The molecule has 2 saturated carbocycles. The highest BCUT2D eigenvalue weighted by Crippen LogP contribution is 2.49. The third-order valence-corrected chi connectivity index (χ3v) is 5.41. The van der Waals surface area contributed by atoms with Crippen LogP contribution < -0.4 is 0 Å². The first-order valence-corrected chi connectivity index (χ1v) is 8.04. The lowest BCUT2D eigenvalue weighted by Gasteiger charge is -2.20. The van der Waals surface area contributed by atoms with Crippen LogP contribution in [0.25, 0.3) is 0 Å². The Morgan fingerprint density at radius 3 is 2.56 bits per heavy atom. The van der Waals surface area contributed by atoms with Crippen molar-refractivity contribution < 1.29 is 4.79 Å². The van der Waals surface area contributed by atoms with Gasteiger partial charge in [0.05, 0.1) is 0 Å². The van der Waals surface area contributed by atoms with Gasteiger partial charge in [-0.2, -0.15) is 0 Å². The molecule has 18 heavy (non-hydrogen) atoms. The highest BCUT2D eigenvalue weighted by atomic mass is 127. The summed E-state index contributed by atoms with van der Waals surface area (Å²) < 4.78 is 1.23. The molecule has 2 heteroatoms. The maximum absolute atomic E-state index is 12.1. The second-order valence-electron chi connectivity index (χ2n) is 5.98. The molecule has 0 amide bonds. The average molecular weight is 354 g/mol. The van der Waals surface area contributed by atoms with Crippen molar-refractivity contribution in [2.75, 3.05) is 0 Å². The number of carbonyl (C=O) groups is 1. The van der Waals surface area contributed by atoms with Crippen LogP contribution in [0.3, 0.4) is 0 Å². The molecule has 1 aromatic carbocycles. The monoisotopic (exact) mass is 354 g/mol. The molecule has 3 unspecified atom stereocenters. The molecule has 2 bridgehead atoms. The number of hydrogen-bond donors (Lipinski definition) is 0. The minimum Gasteiger partial charge on any atom is -0.299 e. The Bertz CT molecular complexity index is 437.